The predicted octanol–water partition coefficient (Wildman–Crippen LogP) is 2.89. The zero-order valence-electron chi connectivity index (χ0n) is 8.34. The van der Waals surface area contributed by atoms with Crippen molar-refractivity contribution in [2.75, 3.05) is 5.32 Å². The van der Waals surface area contributed by atoms with E-state index in [0.29, 0.717) is 11.1 Å². The van der Waals surface area contributed by atoms with Crippen LogP contribution in [0.5, 0.6) is 0 Å². The van der Waals surface area contributed by atoms with Gasteiger partial charge in [-0.15, -0.1) is 0 Å². The maximum absolute atomic E-state index is 9.91. The zero-order chi connectivity index (χ0) is 10.3. The highest BCUT2D eigenvalue weighted by Crippen LogP contribution is 2.39. The molecule has 2 unspecified atom stereocenters. The molecule has 0 saturated heterocycles. The topological polar surface area (TPSA) is 32.3 Å². The lowest BCUT2D eigenvalue weighted by atomic mass is 9.94. The second-order valence-corrected chi connectivity index (χ2v) is 4.36. The molecule has 0 aromatic heterocycles. The fraction of sp³-hybridized carbons (Fsp3) is 0.455. The van der Waals surface area contributed by atoms with Crippen LogP contribution in [0.4, 0.5) is 5.69 Å². The number of hydrogen-bond acceptors (Lipinski definition) is 2. The molecule has 0 radical (unpaired) electrons. The Labute approximate surface area is 88.9 Å². The van der Waals surface area contributed by atoms with E-state index < -0.39 is 6.10 Å². The lowest BCUT2D eigenvalue weighted by molar-refractivity contribution is 0.158. The van der Waals surface area contributed by atoms with Crippen molar-refractivity contribution in [2.45, 2.75) is 32.4 Å². The summed E-state index contributed by atoms with van der Waals surface area (Å²) in [4.78, 5) is 0. The van der Waals surface area contributed by atoms with Crippen LogP contribution in [0.1, 0.15) is 30.6 Å². The number of benzene rings is 1. The summed E-state index contributed by atoms with van der Waals surface area (Å²) < 4.78 is 0. The van der Waals surface area contributed by atoms with Crippen LogP contribution in [0.15, 0.2) is 12.1 Å². The third-order valence-corrected chi connectivity index (χ3v) is 3.03. The van der Waals surface area contributed by atoms with E-state index in [2.05, 4.69) is 12.2 Å². The maximum atomic E-state index is 9.91. The first-order valence-electron chi connectivity index (χ1n) is 4.83. The van der Waals surface area contributed by atoms with E-state index in [1.165, 1.54) is 0 Å². The molecule has 2 rings (SSSR count). The Morgan fingerprint density at radius 3 is 2.93 bits per heavy atom. The molecule has 2 atom stereocenters. The van der Waals surface area contributed by atoms with Crippen LogP contribution in [0.2, 0.25) is 5.02 Å². The molecule has 76 valence electrons. The molecule has 0 spiro atoms. The van der Waals surface area contributed by atoms with Crippen molar-refractivity contribution in [3.8, 4) is 0 Å². The van der Waals surface area contributed by atoms with Gasteiger partial charge in [-0.2, -0.15) is 0 Å². The van der Waals surface area contributed by atoms with Gasteiger partial charge in [-0.3, -0.25) is 0 Å². The summed E-state index contributed by atoms with van der Waals surface area (Å²) in [5.41, 5.74) is 2.99. The Morgan fingerprint density at radius 2 is 2.21 bits per heavy atom. The molecular weight excluding hydrogens is 198 g/mol. The van der Waals surface area contributed by atoms with E-state index in [1.807, 2.05) is 19.1 Å². The van der Waals surface area contributed by atoms with Gasteiger partial charge in [0, 0.05) is 22.3 Å². The molecule has 3 heteroatoms. The minimum Gasteiger partial charge on any atom is -0.388 e. The molecule has 2 N–H and O–H groups in total. The lowest BCUT2D eigenvalue weighted by Crippen LogP contribution is -2.26. The fourth-order valence-electron chi connectivity index (χ4n) is 1.98. The van der Waals surface area contributed by atoms with E-state index in [9.17, 15) is 5.11 Å². The van der Waals surface area contributed by atoms with Gasteiger partial charge in [0.1, 0.15) is 0 Å². The number of rotatable bonds is 0. The van der Waals surface area contributed by atoms with E-state index in [0.717, 1.165) is 23.2 Å². The number of aliphatic hydroxyl groups excluding tert-OH is 1. The molecule has 0 bridgehead atoms. The van der Waals surface area contributed by atoms with Crippen LogP contribution in [-0.4, -0.2) is 11.1 Å². The van der Waals surface area contributed by atoms with Crippen molar-refractivity contribution in [1.29, 1.82) is 0 Å². The van der Waals surface area contributed by atoms with Crippen molar-refractivity contribution in [3.05, 3.63) is 28.3 Å². The van der Waals surface area contributed by atoms with Gasteiger partial charge < -0.3 is 10.4 Å². The van der Waals surface area contributed by atoms with Gasteiger partial charge in [-0.1, -0.05) is 17.7 Å². The smallest absolute Gasteiger partial charge is 0.0844 e. The van der Waals surface area contributed by atoms with E-state index in [4.69, 9.17) is 11.6 Å². The highest BCUT2D eigenvalue weighted by molar-refractivity contribution is 6.31. The third-order valence-electron chi connectivity index (χ3n) is 2.70. The van der Waals surface area contributed by atoms with Crippen molar-refractivity contribution in [1.82, 2.24) is 0 Å². The SMILES string of the molecule is Cc1ccc(Cl)c2c1NC(C)CC2O. The van der Waals surface area contributed by atoms with Crippen LogP contribution in [0.25, 0.3) is 0 Å². The number of anilines is 1. The zero-order valence-corrected chi connectivity index (χ0v) is 9.10. The molecule has 0 saturated carbocycles. The Balaban J connectivity index is 2.57. The molecule has 14 heavy (non-hydrogen) atoms. The molecule has 0 amide bonds. The van der Waals surface area contributed by atoms with Crippen LogP contribution in [0, 0.1) is 6.92 Å². The van der Waals surface area contributed by atoms with Gasteiger partial charge in [-0.25, -0.2) is 0 Å². The number of fused-ring (bicyclic) bond motifs is 1. The number of aryl methyl sites for hydroxylation is 1. The molecule has 1 heterocycles. The highest BCUT2D eigenvalue weighted by atomic mass is 35.5. The first kappa shape index (κ1) is 9.81. The molecule has 2 nitrogen and oxygen atoms in total. The number of hydrogen-bond donors (Lipinski definition) is 2. The van der Waals surface area contributed by atoms with Gasteiger partial charge >= 0.3 is 0 Å². The molecule has 1 aliphatic heterocycles. The van der Waals surface area contributed by atoms with Crippen LogP contribution in [-0.2, 0) is 0 Å². The molecule has 1 aromatic rings. The Morgan fingerprint density at radius 1 is 1.50 bits per heavy atom. The van der Waals surface area contributed by atoms with E-state index in [1.54, 1.807) is 0 Å². The average molecular weight is 212 g/mol. The molecular formula is C11H14ClNO. The largest absolute Gasteiger partial charge is 0.388 e. The summed E-state index contributed by atoms with van der Waals surface area (Å²) in [6.45, 7) is 4.08. The van der Waals surface area contributed by atoms with Crippen molar-refractivity contribution in [3.63, 3.8) is 0 Å². The molecule has 0 aliphatic carbocycles. The minimum absolute atomic E-state index is 0.301. The normalized spacial score (nSPS) is 25.4. The van der Waals surface area contributed by atoms with Gasteiger partial charge in [0.05, 0.1) is 6.10 Å². The predicted molar refractivity (Wildman–Crippen MR) is 58.9 cm³/mol. The highest BCUT2D eigenvalue weighted by Gasteiger charge is 2.25. The second kappa shape index (κ2) is 3.44. The van der Waals surface area contributed by atoms with Gasteiger partial charge in [0.2, 0.25) is 0 Å². The second-order valence-electron chi connectivity index (χ2n) is 3.95. The Bertz CT molecular complexity index is 365. The first-order chi connectivity index (χ1) is 6.59. The summed E-state index contributed by atoms with van der Waals surface area (Å²) in [6, 6.07) is 4.12. The summed E-state index contributed by atoms with van der Waals surface area (Å²) in [5, 5.41) is 13.9. The average Bonchev–Trinajstić information content (AvgIpc) is 2.10. The third kappa shape index (κ3) is 1.49. The number of aliphatic hydroxyl groups is 1. The minimum atomic E-state index is -0.436. The molecule has 1 aromatic carbocycles. The Hall–Kier alpha value is -0.730. The van der Waals surface area contributed by atoms with Gasteiger partial charge in [0.15, 0.2) is 0 Å². The first-order valence-corrected chi connectivity index (χ1v) is 5.21. The van der Waals surface area contributed by atoms with Crippen molar-refractivity contribution < 1.29 is 5.11 Å². The van der Waals surface area contributed by atoms with Crippen molar-refractivity contribution >= 4 is 17.3 Å². The summed E-state index contributed by atoms with van der Waals surface area (Å²) in [6.07, 6.45) is 0.282. The summed E-state index contributed by atoms with van der Waals surface area (Å²) >= 11 is 6.06. The molecule has 1 aliphatic rings. The number of halogens is 1. The van der Waals surface area contributed by atoms with Crippen LogP contribution < -0.4 is 5.32 Å². The number of nitrogens with one attached hydrogen (secondary N) is 1. The van der Waals surface area contributed by atoms with E-state index in [-0.39, 0.29) is 0 Å². The quantitative estimate of drug-likeness (QED) is 0.692. The summed E-state index contributed by atoms with van der Waals surface area (Å²) in [5.74, 6) is 0. The van der Waals surface area contributed by atoms with E-state index >= 15 is 0 Å². The maximum Gasteiger partial charge on any atom is 0.0844 e. The Kier molecular flexibility index (Phi) is 2.41. The van der Waals surface area contributed by atoms with Crippen LogP contribution in [0.3, 0.4) is 0 Å². The molecule has 0 fully saturated rings. The monoisotopic (exact) mass is 211 g/mol. The van der Waals surface area contributed by atoms with Gasteiger partial charge in [0.25, 0.3) is 0 Å². The summed E-state index contributed by atoms with van der Waals surface area (Å²) in [7, 11) is 0. The van der Waals surface area contributed by atoms with Crippen molar-refractivity contribution in [2.24, 2.45) is 0 Å². The lowest BCUT2D eigenvalue weighted by Gasteiger charge is -2.30. The van der Waals surface area contributed by atoms with Crippen LogP contribution >= 0.6 is 11.6 Å². The van der Waals surface area contributed by atoms with Gasteiger partial charge in [-0.05, 0) is 31.9 Å². The fourth-order valence-corrected chi connectivity index (χ4v) is 2.26. The standard InChI is InChI=1S/C11H14ClNO/c1-6-3-4-8(12)10-9(14)5-7(2)13-11(6)10/h3-4,7,9,13-14H,5H2,1-2H3.